The predicted molar refractivity (Wildman–Crippen MR) is 116 cm³/mol. The molecule has 2 aromatic rings. The summed E-state index contributed by atoms with van der Waals surface area (Å²) in [5.41, 5.74) is 1.63. The molecular weight excluding hydrogens is 396 g/mol. The molecule has 0 aromatic carbocycles. The van der Waals surface area contributed by atoms with Gasteiger partial charge in [0.05, 0.1) is 29.9 Å². The van der Waals surface area contributed by atoms with E-state index in [9.17, 15) is 9.59 Å². The fraction of sp³-hybridized carbons (Fsp3) is 0.696. The number of aromatic nitrogens is 3. The van der Waals surface area contributed by atoms with Crippen molar-refractivity contribution in [3.05, 3.63) is 39.6 Å². The summed E-state index contributed by atoms with van der Waals surface area (Å²) in [4.78, 5) is 26.5. The maximum Gasteiger partial charge on any atom is 0.274 e. The minimum absolute atomic E-state index is 0.0167. The van der Waals surface area contributed by atoms with Crippen LogP contribution in [0.5, 0.6) is 0 Å². The van der Waals surface area contributed by atoms with Gasteiger partial charge in [-0.2, -0.15) is 0 Å². The largest absolute Gasteiger partial charge is 0.372 e. The van der Waals surface area contributed by atoms with E-state index in [1.807, 2.05) is 23.3 Å². The van der Waals surface area contributed by atoms with Crippen LogP contribution in [-0.4, -0.2) is 32.6 Å². The zero-order valence-electron chi connectivity index (χ0n) is 19.2. The fourth-order valence-corrected chi connectivity index (χ4v) is 4.78. The van der Waals surface area contributed by atoms with Crippen molar-refractivity contribution in [3.63, 3.8) is 0 Å². The molecule has 3 heterocycles. The Hall–Kier alpha value is -2.35. The van der Waals surface area contributed by atoms with Crippen LogP contribution >= 0.6 is 0 Å². The maximum atomic E-state index is 13.6. The van der Waals surface area contributed by atoms with Gasteiger partial charge in [0.2, 0.25) is 0 Å². The standard InChI is InChI=1S/C23H34N4O4/c1-14-19(22(29)27(26(14)5)15-8-6-9-15)20(24-21(28)16-12-13-30-25-16)17-10-7-11-18(31-17)23(2,3)4/h12-13,15,17-18,20H,6-11H2,1-5H3,(H,24,28)/t17-,18+,20?/m1/s1. The van der Waals surface area contributed by atoms with Gasteiger partial charge < -0.3 is 14.6 Å². The lowest BCUT2D eigenvalue weighted by Gasteiger charge is -2.40. The van der Waals surface area contributed by atoms with E-state index in [0.717, 1.165) is 44.2 Å². The molecule has 1 aliphatic carbocycles. The van der Waals surface area contributed by atoms with Crippen LogP contribution in [0.1, 0.15) is 93.1 Å². The van der Waals surface area contributed by atoms with Gasteiger partial charge in [0.25, 0.3) is 11.5 Å². The van der Waals surface area contributed by atoms with Gasteiger partial charge in [0.1, 0.15) is 6.26 Å². The van der Waals surface area contributed by atoms with E-state index in [1.165, 1.54) is 12.3 Å². The second kappa shape index (κ2) is 8.30. The van der Waals surface area contributed by atoms with Crippen molar-refractivity contribution in [2.75, 3.05) is 0 Å². The number of amides is 1. The lowest BCUT2D eigenvalue weighted by molar-refractivity contribution is -0.110. The number of carbonyl (C=O) groups is 1. The first kappa shape index (κ1) is 21.9. The third kappa shape index (κ3) is 4.10. The average Bonchev–Trinajstić information content (AvgIpc) is 3.29. The monoisotopic (exact) mass is 430 g/mol. The quantitative estimate of drug-likeness (QED) is 0.782. The second-order valence-corrected chi connectivity index (χ2v) is 10.1. The van der Waals surface area contributed by atoms with E-state index >= 15 is 0 Å². The minimum Gasteiger partial charge on any atom is -0.372 e. The Morgan fingerprint density at radius 2 is 1.94 bits per heavy atom. The van der Waals surface area contributed by atoms with E-state index < -0.39 is 6.04 Å². The number of nitrogens with zero attached hydrogens (tertiary/aromatic N) is 3. The van der Waals surface area contributed by atoms with E-state index in [1.54, 1.807) is 0 Å². The molecule has 170 valence electrons. The van der Waals surface area contributed by atoms with Crippen LogP contribution in [0.25, 0.3) is 0 Å². The average molecular weight is 431 g/mol. The van der Waals surface area contributed by atoms with Crippen molar-refractivity contribution in [3.8, 4) is 0 Å². The van der Waals surface area contributed by atoms with Crippen LogP contribution in [0.3, 0.4) is 0 Å². The molecule has 3 atom stereocenters. The van der Waals surface area contributed by atoms with Gasteiger partial charge in [0, 0.05) is 18.8 Å². The van der Waals surface area contributed by atoms with Crippen molar-refractivity contribution < 1.29 is 14.1 Å². The smallest absolute Gasteiger partial charge is 0.274 e. The van der Waals surface area contributed by atoms with Gasteiger partial charge in [-0.25, -0.2) is 4.68 Å². The summed E-state index contributed by atoms with van der Waals surface area (Å²) in [6.45, 7) is 8.45. The van der Waals surface area contributed by atoms with Crippen molar-refractivity contribution in [2.24, 2.45) is 12.5 Å². The summed E-state index contributed by atoms with van der Waals surface area (Å²) in [6.07, 6.45) is 7.07. The number of hydrogen-bond donors (Lipinski definition) is 1. The molecule has 0 radical (unpaired) electrons. The van der Waals surface area contributed by atoms with Gasteiger partial charge in [-0.1, -0.05) is 25.9 Å². The molecule has 8 heteroatoms. The first-order valence-corrected chi connectivity index (χ1v) is 11.3. The third-order valence-electron chi connectivity index (χ3n) is 6.96. The van der Waals surface area contributed by atoms with Crippen LogP contribution in [0, 0.1) is 12.3 Å². The normalized spacial score (nSPS) is 23.4. The Kier molecular flexibility index (Phi) is 5.85. The van der Waals surface area contributed by atoms with Gasteiger partial charge in [0.15, 0.2) is 5.69 Å². The molecule has 0 spiro atoms. The molecule has 1 amide bonds. The highest BCUT2D eigenvalue weighted by Gasteiger charge is 2.39. The molecule has 0 bridgehead atoms. The Morgan fingerprint density at radius 3 is 2.52 bits per heavy atom. The van der Waals surface area contributed by atoms with Crippen LogP contribution in [0.15, 0.2) is 21.6 Å². The molecule has 1 unspecified atom stereocenters. The van der Waals surface area contributed by atoms with Crippen molar-refractivity contribution in [1.82, 2.24) is 19.8 Å². The summed E-state index contributed by atoms with van der Waals surface area (Å²) in [6, 6.07) is 1.21. The zero-order valence-corrected chi connectivity index (χ0v) is 19.2. The molecule has 1 saturated carbocycles. The van der Waals surface area contributed by atoms with Gasteiger partial charge >= 0.3 is 0 Å². The molecule has 4 rings (SSSR count). The highest BCUT2D eigenvalue weighted by Crippen LogP contribution is 2.37. The zero-order chi connectivity index (χ0) is 22.3. The molecule has 2 aromatic heterocycles. The molecule has 2 fully saturated rings. The van der Waals surface area contributed by atoms with Crippen molar-refractivity contribution in [2.45, 2.75) is 90.5 Å². The maximum absolute atomic E-state index is 13.6. The minimum atomic E-state index is -0.547. The van der Waals surface area contributed by atoms with Crippen LogP contribution in [0.2, 0.25) is 0 Å². The van der Waals surface area contributed by atoms with Crippen molar-refractivity contribution in [1.29, 1.82) is 0 Å². The number of carbonyl (C=O) groups excluding carboxylic acids is 1. The van der Waals surface area contributed by atoms with Crippen LogP contribution in [-0.2, 0) is 11.8 Å². The Morgan fingerprint density at radius 1 is 1.23 bits per heavy atom. The first-order chi connectivity index (χ1) is 14.7. The van der Waals surface area contributed by atoms with E-state index in [-0.39, 0.29) is 40.8 Å². The summed E-state index contributed by atoms with van der Waals surface area (Å²) in [5, 5.41) is 6.83. The lowest BCUT2D eigenvalue weighted by atomic mass is 9.82. The molecule has 1 aliphatic heterocycles. The summed E-state index contributed by atoms with van der Waals surface area (Å²) in [5.74, 6) is -0.363. The van der Waals surface area contributed by atoms with Crippen LogP contribution < -0.4 is 10.9 Å². The SMILES string of the molecule is Cc1c(C(NC(=O)c2ccon2)[C@H]2CCC[C@@H](C(C)(C)C)O2)c(=O)n(C2CCC2)n1C. The molecule has 8 nitrogen and oxygen atoms in total. The van der Waals surface area contributed by atoms with E-state index in [2.05, 4.69) is 31.2 Å². The van der Waals surface area contributed by atoms with E-state index in [4.69, 9.17) is 9.26 Å². The Balaban J connectivity index is 1.72. The lowest BCUT2D eigenvalue weighted by Crippen LogP contribution is -2.46. The summed E-state index contributed by atoms with van der Waals surface area (Å²) < 4.78 is 15.2. The van der Waals surface area contributed by atoms with Gasteiger partial charge in [-0.05, 0) is 50.9 Å². The Bertz CT molecular complexity index is 979. The molecule has 2 aliphatic rings. The fourth-order valence-electron chi connectivity index (χ4n) is 4.78. The molecule has 31 heavy (non-hydrogen) atoms. The second-order valence-electron chi connectivity index (χ2n) is 10.1. The number of nitrogens with one attached hydrogen (secondary N) is 1. The predicted octanol–water partition coefficient (Wildman–Crippen LogP) is 3.66. The topological polar surface area (TPSA) is 91.3 Å². The number of hydrogen-bond acceptors (Lipinski definition) is 5. The highest BCUT2D eigenvalue weighted by atomic mass is 16.5. The number of ether oxygens (including phenoxy) is 1. The molecule has 1 saturated heterocycles. The number of rotatable bonds is 5. The first-order valence-electron chi connectivity index (χ1n) is 11.3. The van der Waals surface area contributed by atoms with Gasteiger partial charge in [-0.3, -0.25) is 14.3 Å². The molecular formula is C23H34N4O4. The van der Waals surface area contributed by atoms with Gasteiger partial charge in [-0.15, -0.1) is 0 Å². The third-order valence-corrected chi connectivity index (χ3v) is 6.96. The van der Waals surface area contributed by atoms with Crippen LogP contribution in [0.4, 0.5) is 0 Å². The summed E-state index contributed by atoms with van der Waals surface area (Å²) >= 11 is 0. The van der Waals surface area contributed by atoms with E-state index in [0.29, 0.717) is 5.56 Å². The Labute approximate surface area is 182 Å². The van der Waals surface area contributed by atoms with Crippen molar-refractivity contribution >= 4 is 5.91 Å². The highest BCUT2D eigenvalue weighted by molar-refractivity contribution is 5.92. The molecule has 1 N–H and O–H groups in total. The summed E-state index contributed by atoms with van der Waals surface area (Å²) in [7, 11) is 1.93.